The first-order valence-corrected chi connectivity index (χ1v) is 6.95. The van der Waals surface area contributed by atoms with E-state index in [4.69, 9.17) is 0 Å². The Hall–Kier alpha value is -1.75. The molecular weight excluding hydrogens is 260 g/mol. The molecule has 4 nitrogen and oxygen atoms in total. The van der Waals surface area contributed by atoms with Crippen molar-refractivity contribution in [3.8, 4) is 10.7 Å². The first-order valence-electron chi connectivity index (χ1n) is 6.14. The fourth-order valence-corrected chi connectivity index (χ4v) is 2.85. The molecule has 5 heteroatoms. The monoisotopic (exact) mass is 276 g/mol. The Bertz CT molecular complexity index is 605. The van der Waals surface area contributed by atoms with Gasteiger partial charge in [-0.15, -0.1) is 11.3 Å². The number of hydrogen-bond donors (Lipinski definition) is 1. The van der Waals surface area contributed by atoms with Gasteiger partial charge < -0.3 is 5.11 Å². The Morgan fingerprint density at radius 2 is 2.21 bits per heavy atom. The maximum atomic E-state index is 11.3. The van der Waals surface area contributed by atoms with Crippen LogP contribution in [-0.4, -0.2) is 21.0 Å². The van der Waals surface area contributed by atoms with Gasteiger partial charge in [-0.3, -0.25) is 4.98 Å². The molecule has 100 valence electrons. The molecule has 2 aromatic rings. The van der Waals surface area contributed by atoms with Gasteiger partial charge in [-0.25, -0.2) is 9.78 Å². The van der Waals surface area contributed by atoms with Crippen molar-refractivity contribution < 1.29 is 9.90 Å². The molecule has 0 aliphatic carbocycles. The molecule has 0 saturated heterocycles. The molecule has 0 bridgehead atoms. The largest absolute Gasteiger partial charge is 0.477 e. The molecule has 0 aliphatic heterocycles. The standard InChI is InChI=1S/C14H16N2O2S/c1-8(2)7-10-12(14(17)18)19-13(16-10)11-9(3)5-4-6-15-11/h4-6,8H,7H2,1-3H3,(H,17,18). The summed E-state index contributed by atoms with van der Waals surface area (Å²) in [6.07, 6.45) is 2.37. The van der Waals surface area contributed by atoms with Gasteiger partial charge in [-0.05, 0) is 30.9 Å². The Morgan fingerprint density at radius 1 is 1.47 bits per heavy atom. The third-order valence-corrected chi connectivity index (χ3v) is 3.80. The van der Waals surface area contributed by atoms with Gasteiger partial charge in [0.15, 0.2) is 0 Å². The number of carboxylic acid groups (broad SMARTS) is 1. The summed E-state index contributed by atoms with van der Waals surface area (Å²) in [7, 11) is 0. The smallest absolute Gasteiger partial charge is 0.347 e. The second-order valence-electron chi connectivity index (χ2n) is 4.87. The van der Waals surface area contributed by atoms with E-state index < -0.39 is 5.97 Å². The summed E-state index contributed by atoms with van der Waals surface area (Å²) in [4.78, 5) is 20.4. The minimum absolute atomic E-state index is 0.328. The maximum Gasteiger partial charge on any atom is 0.347 e. The van der Waals surface area contributed by atoms with Gasteiger partial charge in [0.2, 0.25) is 0 Å². The highest BCUT2D eigenvalue weighted by Crippen LogP contribution is 2.29. The van der Waals surface area contributed by atoms with E-state index in [1.54, 1.807) is 6.20 Å². The van der Waals surface area contributed by atoms with Crippen LogP contribution in [-0.2, 0) is 6.42 Å². The fourth-order valence-electron chi connectivity index (χ4n) is 1.85. The normalized spacial score (nSPS) is 10.9. The van der Waals surface area contributed by atoms with Crippen LogP contribution in [0.25, 0.3) is 10.7 Å². The Labute approximate surface area is 116 Å². The molecule has 0 aliphatic rings. The molecule has 0 radical (unpaired) electrons. The number of aromatic carboxylic acids is 1. The second-order valence-corrected chi connectivity index (χ2v) is 5.87. The van der Waals surface area contributed by atoms with Crippen LogP contribution in [0.3, 0.4) is 0 Å². The van der Waals surface area contributed by atoms with Gasteiger partial charge in [-0.2, -0.15) is 0 Å². The van der Waals surface area contributed by atoms with Gasteiger partial charge >= 0.3 is 5.97 Å². The van der Waals surface area contributed by atoms with Crippen molar-refractivity contribution in [1.29, 1.82) is 0 Å². The molecule has 2 rings (SSSR count). The Morgan fingerprint density at radius 3 is 2.79 bits per heavy atom. The van der Waals surface area contributed by atoms with Gasteiger partial charge in [0.25, 0.3) is 0 Å². The fraction of sp³-hybridized carbons (Fsp3) is 0.357. The molecule has 0 unspecified atom stereocenters. The third kappa shape index (κ3) is 2.98. The van der Waals surface area contributed by atoms with E-state index in [1.165, 1.54) is 11.3 Å². The van der Waals surface area contributed by atoms with Crippen molar-refractivity contribution in [2.75, 3.05) is 0 Å². The minimum Gasteiger partial charge on any atom is -0.477 e. The molecule has 0 fully saturated rings. The van der Waals surface area contributed by atoms with Gasteiger partial charge in [0.1, 0.15) is 15.6 Å². The summed E-state index contributed by atoms with van der Waals surface area (Å²) >= 11 is 1.20. The highest BCUT2D eigenvalue weighted by Gasteiger charge is 2.20. The molecule has 1 N–H and O–H groups in total. The van der Waals surface area contributed by atoms with Crippen LogP contribution < -0.4 is 0 Å². The van der Waals surface area contributed by atoms with E-state index in [1.807, 2.05) is 19.1 Å². The van der Waals surface area contributed by atoms with Crippen LogP contribution in [0, 0.1) is 12.8 Å². The third-order valence-electron chi connectivity index (χ3n) is 2.71. The molecule has 19 heavy (non-hydrogen) atoms. The highest BCUT2D eigenvalue weighted by molar-refractivity contribution is 7.17. The summed E-state index contributed by atoms with van der Waals surface area (Å²) < 4.78 is 0. The number of carboxylic acids is 1. The number of aryl methyl sites for hydroxylation is 1. The van der Waals surface area contributed by atoms with E-state index >= 15 is 0 Å². The van der Waals surface area contributed by atoms with Crippen molar-refractivity contribution >= 4 is 17.3 Å². The second kappa shape index (κ2) is 5.48. The van der Waals surface area contributed by atoms with E-state index in [0.29, 0.717) is 27.9 Å². The average Bonchev–Trinajstić information content (AvgIpc) is 2.72. The van der Waals surface area contributed by atoms with Crippen molar-refractivity contribution in [3.05, 3.63) is 34.5 Å². The van der Waals surface area contributed by atoms with Crippen molar-refractivity contribution in [1.82, 2.24) is 9.97 Å². The number of nitrogens with zero attached hydrogens (tertiary/aromatic N) is 2. The SMILES string of the molecule is Cc1cccnc1-c1nc(CC(C)C)c(C(=O)O)s1. The molecule has 0 aromatic carbocycles. The lowest BCUT2D eigenvalue weighted by atomic mass is 10.1. The number of pyridine rings is 1. The zero-order valence-electron chi connectivity index (χ0n) is 11.2. The van der Waals surface area contributed by atoms with Crippen LogP contribution in [0.5, 0.6) is 0 Å². The Balaban J connectivity index is 2.49. The van der Waals surface area contributed by atoms with Crippen LogP contribution >= 0.6 is 11.3 Å². The lowest BCUT2D eigenvalue weighted by Gasteiger charge is -2.01. The average molecular weight is 276 g/mol. The van der Waals surface area contributed by atoms with E-state index in [9.17, 15) is 9.90 Å². The van der Waals surface area contributed by atoms with Crippen molar-refractivity contribution in [2.24, 2.45) is 5.92 Å². The van der Waals surface area contributed by atoms with Crippen LogP contribution in [0.4, 0.5) is 0 Å². The molecule has 0 amide bonds. The summed E-state index contributed by atoms with van der Waals surface area (Å²) in [5.41, 5.74) is 2.43. The number of carbonyl (C=O) groups is 1. The number of hydrogen-bond acceptors (Lipinski definition) is 4. The first kappa shape index (κ1) is 13.7. The first-order chi connectivity index (χ1) is 8.99. The van der Waals surface area contributed by atoms with Gasteiger partial charge in [0.05, 0.1) is 5.69 Å². The van der Waals surface area contributed by atoms with Gasteiger partial charge in [-0.1, -0.05) is 19.9 Å². The Kier molecular flexibility index (Phi) is 3.95. The molecule has 0 saturated carbocycles. The van der Waals surface area contributed by atoms with Crippen LogP contribution in [0.15, 0.2) is 18.3 Å². The zero-order chi connectivity index (χ0) is 14.0. The summed E-state index contributed by atoms with van der Waals surface area (Å²) in [6, 6.07) is 3.81. The maximum absolute atomic E-state index is 11.3. The number of aromatic nitrogens is 2. The van der Waals surface area contributed by atoms with Crippen LogP contribution in [0.2, 0.25) is 0 Å². The minimum atomic E-state index is -0.909. The van der Waals surface area contributed by atoms with Gasteiger partial charge in [0, 0.05) is 6.20 Å². The van der Waals surface area contributed by atoms with Crippen LogP contribution in [0.1, 0.15) is 34.8 Å². The molecule has 2 heterocycles. The van der Waals surface area contributed by atoms with E-state index in [0.717, 1.165) is 11.3 Å². The molecule has 2 aromatic heterocycles. The molecule has 0 atom stereocenters. The zero-order valence-corrected chi connectivity index (χ0v) is 12.0. The van der Waals surface area contributed by atoms with Crippen molar-refractivity contribution in [3.63, 3.8) is 0 Å². The number of thiazole rings is 1. The summed E-state index contributed by atoms with van der Waals surface area (Å²) in [6.45, 7) is 6.06. The topological polar surface area (TPSA) is 63.1 Å². The lowest BCUT2D eigenvalue weighted by molar-refractivity contribution is 0.0700. The quantitative estimate of drug-likeness (QED) is 0.929. The van der Waals surface area contributed by atoms with E-state index in [-0.39, 0.29) is 0 Å². The predicted octanol–water partition coefficient (Wildman–Crippen LogP) is 3.41. The summed E-state index contributed by atoms with van der Waals surface area (Å²) in [5, 5.41) is 9.94. The van der Waals surface area contributed by atoms with Crippen molar-refractivity contribution in [2.45, 2.75) is 27.2 Å². The molecular formula is C14H16N2O2S. The lowest BCUT2D eigenvalue weighted by Crippen LogP contribution is -2.02. The molecule has 0 spiro atoms. The highest BCUT2D eigenvalue weighted by atomic mass is 32.1. The summed E-state index contributed by atoms with van der Waals surface area (Å²) in [5.74, 6) is -0.536. The predicted molar refractivity (Wildman–Crippen MR) is 75.6 cm³/mol. The number of rotatable bonds is 4. The van der Waals surface area contributed by atoms with E-state index in [2.05, 4.69) is 23.8 Å².